The van der Waals surface area contributed by atoms with Crippen molar-refractivity contribution in [2.24, 2.45) is 0 Å². The summed E-state index contributed by atoms with van der Waals surface area (Å²) in [5.41, 5.74) is 0.310. The van der Waals surface area contributed by atoms with E-state index in [2.05, 4.69) is 11.5 Å². The van der Waals surface area contributed by atoms with Gasteiger partial charge in [-0.05, 0) is 13.3 Å². The van der Waals surface area contributed by atoms with Crippen LogP contribution in [-0.2, 0) is 4.79 Å². The molecule has 1 saturated heterocycles. The van der Waals surface area contributed by atoms with E-state index < -0.39 is 5.97 Å². The summed E-state index contributed by atoms with van der Waals surface area (Å²) in [6, 6.07) is 0.346. The fourth-order valence-corrected chi connectivity index (χ4v) is 1.07. The van der Waals surface area contributed by atoms with E-state index in [4.69, 9.17) is 5.11 Å². The van der Waals surface area contributed by atoms with Gasteiger partial charge in [0.2, 0.25) is 0 Å². The fraction of sp³-hybridized carbons (Fsp3) is 0.625. The minimum absolute atomic E-state index is 0.310. The van der Waals surface area contributed by atoms with Crippen LogP contribution in [0.15, 0.2) is 12.2 Å². The van der Waals surface area contributed by atoms with Crippen LogP contribution in [0.3, 0.4) is 0 Å². The first kappa shape index (κ1) is 8.27. The van der Waals surface area contributed by atoms with Gasteiger partial charge in [-0.3, -0.25) is 4.90 Å². The van der Waals surface area contributed by atoms with E-state index in [1.165, 1.54) is 0 Å². The average molecular weight is 155 g/mol. The molecule has 0 aromatic heterocycles. The molecule has 1 heterocycles. The zero-order valence-electron chi connectivity index (χ0n) is 6.71. The standard InChI is InChI=1S/C8H13NO2/c1-6(8(10)11)5-7(2)9-3-4-9/h7H,1,3-5H2,2H3,(H,10,11). The van der Waals surface area contributed by atoms with E-state index in [0.29, 0.717) is 18.0 Å². The number of aliphatic carboxylic acids is 1. The van der Waals surface area contributed by atoms with Crippen LogP contribution in [0.5, 0.6) is 0 Å². The van der Waals surface area contributed by atoms with Crippen molar-refractivity contribution in [2.75, 3.05) is 13.1 Å². The first-order chi connectivity index (χ1) is 5.11. The number of carboxylic acid groups (broad SMARTS) is 1. The van der Waals surface area contributed by atoms with Crippen molar-refractivity contribution in [3.63, 3.8) is 0 Å². The molecule has 11 heavy (non-hydrogen) atoms. The minimum Gasteiger partial charge on any atom is -0.478 e. The van der Waals surface area contributed by atoms with Crippen LogP contribution < -0.4 is 0 Å². The lowest BCUT2D eigenvalue weighted by Crippen LogP contribution is -2.17. The summed E-state index contributed by atoms with van der Waals surface area (Å²) in [5.74, 6) is -0.876. The van der Waals surface area contributed by atoms with E-state index in [1.807, 2.05) is 6.92 Å². The number of carboxylic acids is 1. The Morgan fingerprint density at radius 3 is 2.64 bits per heavy atom. The van der Waals surface area contributed by atoms with Gasteiger partial charge in [-0.15, -0.1) is 0 Å². The van der Waals surface area contributed by atoms with Crippen LogP contribution in [0.4, 0.5) is 0 Å². The molecule has 1 rings (SSSR count). The molecule has 0 aromatic rings. The molecule has 0 aromatic carbocycles. The average Bonchev–Trinajstić information content (AvgIpc) is 2.67. The Kier molecular flexibility index (Phi) is 2.29. The zero-order valence-corrected chi connectivity index (χ0v) is 6.71. The smallest absolute Gasteiger partial charge is 0.331 e. The van der Waals surface area contributed by atoms with Crippen LogP contribution in [-0.4, -0.2) is 35.1 Å². The number of nitrogens with zero attached hydrogens (tertiary/aromatic N) is 1. The molecular weight excluding hydrogens is 142 g/mol. The van der Waals surface area contributed by atoms with Gasteiger partial charge in [0.25, 0.3) is 0 Å². The summed E-state index contributed by atoms with van der Waals surface area (Å²) in [4.78, 5) is 12.6. The highest BCUT2D eigenvalue weighted by Gasteiger charge is 2.24. The second-order valence-corrected chi connectivity index (χ2v) is 3.00. The molecule has 1 fully saturated rings. The van der Waals surface area contributed by atoms with E-state index in [9.17, 15) is 4.79 Å². The highest BCUT2D eigenvalue weighted by atomic mass is 16.4. The van der Waals surface area contributed by atoms with Gasteiger partial charge in [0.05, 0.1) is 0 Å². The Morgan fingerprint density at radius 2 is 2.27 bits per heavy atom. The van der Waals surface area contributed by atoms with Crippen molar-refractivity contribution < 1.29 is 9.90 Å². The van der Waals surface area contributed by atoms with Gasteiger partial charge < -0.3 is 5.11 Å². The van der Waals surface area contributed by atoms with E-state index in [0.717, 1.165) is 13.1 Å². The van der Waals surface area contributed by atoms with Crippen LogP contribution >= 0.6 is 0 Å². The SMILES string of the molecule is C=C(CC(C)N1CC1)C(=O)O. The first-order valence-corrected chi connectivity index (χ1v) is 3.76. The molecule has 1 N–H and O–H groups in total. The topological polar surface area (TPSA) is 40.3 Å². The Morgan fingerprint density at radius 1 is 1.73 bits per heavy atom. The molecule has 1 aliphatic rings. The third-order valence-corrected chi connectivity index (χ3v) is 1.95. The third-order valence-electron chi connectivity index (χ3n) is 1.95. The molecule has 3 nitrogen and oxygen atoms in total. The first-order valence-electron chi connectivity index (χ1n) is 3.76. The Balaban J connectivity index is 2.28. The predicted molar refractivity (Wildman–Crippen MR) is 42.4 cm³/mol. The van der Waals surface area contributed by atoms with E-state index >= 15 is 0 Å². The highest BCUT2D eigenvalue weighted by molar-refractivity contribution is 5.85. The molecule has 0 amide bonds. The monoisotopic (exact) mass is 155 g/mol. The maximum Gasteiger partial charge on any atom is 0.331 e. The maximum atomic E-state index is 10.4. The minimum atomic E-state index is -0.876. The quantitative estimate of drug-likeness (QED) is 0.480. The van der Waals surface area contributed by atoms with Gasteiger partial charge in [-0.2, -0.15) is 0 Å². The van der Waals surface area contributed by atoms with Crippen LogP contribution in [0, 0.1) is 0 Å². The second kappa shape index (κ2) is 3.05. The lowest BCUT2D eigenvalue weighted by Gasteiger charge is -2.10. The highest BCUT2D eigenvalue weighted by Crippen LogP contribution is 2.16. The molecule has 0 bridgehead atoms. The summed E-state index contributed by atoms with van der Waals surface area (Å²) < 4.78 is 0. The molecule has 0 radical (unpaired) electrons. The number of hydrogen-bond donors (Lipinski definition) is 1. The molecule has 1 unspecified atom stereocenters. The molecular formula is C8H13NO2. The molecule has 0 aliphatic carbocycles. The summed E-state index contributed by atoms with van der Waals surface area (Å²) in [5, 5.41) is 8.52. The lowest BCUT2D eigenvalue weighted by atomic mass is 10.1. The van der Waals surface area contributed by atoms with Crippen molar-refractivity contribution in [3.05, 3.63) is 12.2 Å². The maximum absolute atomic E-state index is 10.4. The largest absolute Gasteiger partial charge is 0.478 e. The van der Waals surface area contributed by atoms with Crippen LogP contribution in [0.1, 0.15) is 13.3 Å². The van der Waals surface area contributed by atoms with Crippen molar-refractivity contribution in [3.8, 4) is 0 Å². The summed E-state index contributed by atoms with van der Waals surface area (Å²) in [7, 11) is 0. The van der Waals surface area contributed by atoms with Gasteiger partial charge in [0, 0.05) is 24.7 Å². The molecule has 0 saturated carbocycles. The van der Waals surface area contributed by atoms with Gasteiger partial charge >= 0.3 is 5.97 Å². The van der Waals surface area contributed by atoms with Crippen molar-refractivity contribution in [1.82, 2.24) is 4.90 Å². The number of rotatable bonds is 4. The fourth-order valence-electron chi connectivity index (χ4n) is 1.07. The van der Waals surface area contributed by atoms with Crippen molar-refractivity contribution in [2.45, 2.75) is 19.4 Å². The van der Waals surface area contributed by atoms with E-state index in [-0.39, 0.29) is 0 Å². The Hall–Kier alpha value is -0.830. The number of hydrogen-bond acceptors (Lipinski definition) is 2. The van der Waals surface area contributed by atoms with E-state index in [1.54, 1.807) is 0 Å². The Bertz CT molecular complexity index is 185. The van der Waals surface area contributed by atoms with Gasteiger partial charge in [0.15, 0.2) is 0 Å². The third kappa shape index (κ3) is 2.35. The van der Waals surface area contributed by atoms with Gasteiger partial charge in [-0.1, -0.05) is 6.58 Å². The molecule has 62 valence electrons. The molecule has 1 aliphatic heterocycles. The predicted octanol–water partition coefficient (Wildman–Crippen LogP) is 0.721. The van der Waals surface area contributed by atoms with Crippen molar-refractivity contribution >= 4 is 5.97 Å². The second-order valence-electron chi connectivity index (χ2n) is 3.00. The van der Waals surface area contributed by atoms with Crippen LogP contribution in [0.2, 0.25) is 0 Å². The van der Waals surface area contributed by atoms with Crippen LogP contribution in [0.25, 0.3) is 0 Å². The van der Waals surface area contributed by atoms with Crippen molar-refractivity contribution in [1.29, 1.82) is 0 Å². The number of carbonyl (C=O) groups is 1. The molecule has 0 spiro atoms. The summed E-state index contributed by atoms with van der Waals surface area (Å²) in [6.07, 6.45) is 0.579. The van der Waals surface area contributed by atoms with Gasteiger partial charge in [0.1, 0.15) is 0 Å². The zero-order chi connectivity index (χ0) is 8.43. The molecule has 3 heteroatoms. The Labute approximate surface area is 66.3 Å². The summed E-state index contributed by atoms with van der Waals surface area (Å²) >= 11 is 0. The molecule has 1 atom stereocenters. The summed E-state index contributed by atoms with van der Waals surface area (Å²) in [6.45, 7) is 7.72. The lowest BCUT2D eigenvalue weighted by molar-refractivity contribution is -0.132. The normalized spacial score (nSPS) is 19.4. The van der Waals surface area contributed by atoms with Gasteiger partial charge in [-0.25, -0.2) is 4.79 Å².